The number of hydrogen-bond donors (Lipinski definition) is 2. The average molecular weight is 436 g/mol. The van der Waals surface area contributed by atoms with Crippen molar-refractivity contribution in [1.29, 1.82) is 0 Å². The Morgan fingerprint density at radius 1 is 1.06 bits per heavy atom. The van der Waals surface area contributed by atoms with E-state index in [1.54, 1.807) is 6.07 Å². The van der Waals surface area contributed by atoms with Crippen LogP contribution in [0.15, 0.2) is 64.1 Å². The van der Waals surface area contributed by atoms with Gasteiger partial charge in [-0.25, -0.2) is 4.39 Å². The number of rotatable bonds is 8. The third-order valence-electron chi connectivity index (χ3n) is 5.75. The van der Waals surface area contributed by atoms with E-state index in [0.29, 0.717) is 36.8 Å². The van der Waals surface area contributed by atoms with E-state index in [0.717, 1.165) is 36.5 Å². The van der Waals surface area contributed by atoms with Gasteiger partial charge in [-0.15, -0.1) is 0 Å². The number of nitrogens with zero attached hydrogens (tertiary/aromatic N) is 3. The third kappa shape index (κ3) is 6.17. The van der Waals surface area contributed by atoms with Crippen molar-refractivity contribution < 1.29 is 8.91 Å². The lowest BCUT2D eigenvalue weighted by molar-refractivity contribution is 0.235. The Balaban J connectivity index is 1.26. The number of halogens is 1. The molecule has 0 amide bonds. The maximum atomic E-state index is 14.6. The summed E-state index contributed by atoms with van der Waals surface area (Å²) in [5.41, 5.74) is 9.14. The van der Waals surface area contributed by atoms with E-state index in [1.807, 2.05) is 48.5 Å². The zero-order valence-electron chi connectivity index (χ0n) is 18.3. The Kier molecular flexibility index (Phi) is 7.51. The second-order valence-corrected chi connectivity index (χ2v) is 8.16. The van der Waals surface area contributed by atoms with Crippen molar-refractivity contribution in [1.82, 2.24) is 10.1 Å². The molecule has 2 heterocycles. The molecule has 0 bridgehead atoms. The minimum Gasteiger partial charge on any atom is -0.370 e. The Hall–Kier alpha value is -3.19. The first-order valence-corrected chi connectivity index (χ1v) is 11.3. The summed E-state index contributed by atoms with van der Waals surface area (Å²) in [5, 5.41) is 7.03. The van der Waals surface area contributed by atoms with Crippen molar-refractivity contribution in [2.45, 2.75) is 32.1 Å². The number of likely N-dealkylation sites (tertiary alicyclic amines) is 1. The van der Waals surface area contributed by atoms with Crippen molar-refractivity contribution in [2.24, 2.45) is 10.7 Å². The smallest absolute Gasteiger partial charge is 0.231 e. The van der Waals surface area contributed by atoms with E-state index < -0.39 is 0 Å². The van der Waals surface area contributed by atoms with E-state index >= 15 is 0 Å². The summed E-state index contributed by atoms with van der Waals surface area (Å²) in [7, 11) is 0. The molecule has 32 heavy (non-hydrogen) atoms. The van der Waals surface area contributed by atoms with Gasteiger partial charge in [0.05, 0.1) is 12.2 Å². The molecule has 3 N–H and O–H groups in total. The van der Waals surface area contributed by atoms with Crippen molar-refractivity contribution in [3.8, 4) is 11.1 Å². The lowest BCUT2D eigenvalue weighted by Gasteiger charge is -2.25. The molecule has 1 fully saturated rings. The molecule has 0 aliphatic carbocycles. The molecule has 0 radical (unpaired) electrons. The van der Waals surface area contributed by atoms with Gasteiger partial charge in [0, 0.05) is 18.2 Å². The summed E-state index contributed by atoms with van der Waals surface area (Å²) in [5.74, 6) is 0.567. The Morgan fingerprint density at radius 3 is 2.66 bits per heavy atom. The number of nitrogens with one attached hydrogen (secondary N) is 1. The molecule has 4 rings (SSSR count). The molecular weight excluding hydrogens is 405 g/mol. The highest BCUT2D eigenvalue weighted by molar-refractivity contribution is 5.90. The monoisotopic (exact) mass is 435 g/mol. The van der Waals surface area contributed by atoms with Crippen LogP contribution in [-0.2, 0) is 12.8 Å². The van der Waals surface area contributed by atoms with Gasteiger partial charge in [-0.2, -0.15) is 0 Å². The van der Waals surface area contributed by atoms with Gasteiger partial charge in [-0.3, -0.25) is 10.3 Å². The fourth-order valence-electron chi connectivity index (χ4n) is 3.99. The molecule has 1 aromatic heterocycles. The van der Waals surface area contributed by atoms with Gasteiger partial charge in [-0.05, 0) is 56.0 Å². The van der Waals surface area contributed by atoms with Crippen LogP contribution in [0.5, 0.6) is 0 Å². The van der Waals surface area contributed by atoms with Crippen molar-refractivity contribution in [3.05, 3.63) is 71.7 Å². The van der Waals surface area contributed by atoms with Crippen molar-refractivity contribution in [3.63, 3.8) is 0 Å². The van der Waals surface area contributed by atoms with Crippen LogP contribution in [0.1, 0.15) is 30.5 Å². The Bertz CT molecular complexity index is 1030. The standard InChI is InChI=1S/C25H30FN5O/c26-23-17-19(10-12-22(23)20-7-3-1-4-8-20)9-11-21-18-24(32-30-21)29-25(27)28-13-16-31-14-5-2-6-15-31/h1,3-4,7-8,10,12,17-18H,2,5-6,9,11,13-16H2,(H3,27,28,29). The molecule has 0 spiro atoms. The highest BCUT2D eigenvalue weighted by Gasteiger charge is 2.10. The topological polar surface area (TPSA) is 79.7 Å². The summed E-state index contributed by atoms with van der Waals surface area (Å²) < 4.78 is 19.9. The number of benzene rings is 2. The van der Waals surface area contributed by atoms with Crippen LogP contribution in [0, 0.1) is 5.82 Å². The first-order chi connectivity index (χ1) is 15.7. The van der Waals surface area contributed by atoms with Gasteiger partial charge in [0.15, 0.2) is 5.96 Å². The summed E-state index contributed by atoms with van der Waals surface area (Å²) in [6.45, 7) is 3.87. The van der Waals surface area contributed by atoms with Crippen LogP contribution >= 0.6 is 0 Å². The molecule has 0 unspecified atom stereocenters. The van der Waals surface area contributed by atoms with Gasteiger partial charge in [0.2, 0.25) is 5.88 Å². The highest BCUT2D eigenvalue weighted by atomic mass is 19.1. The molecular formula is C25H30FN5O. The molecule has 0 atom stereocenters. The van der Waals surface area contributed by atoms with E-state index in [4.69, 9.17) is 10.3 Å². The number of piperidine rings is 1. The fraction of sp³-hybridized carbons (Fsp3) is 0.360. The van der Waals surface area contributed by atoms with Crippen LogP contribution in [-0.4, -0.2) is 42.2 Å². The van der Waals surface area contributed by atoms with E-state index in [9.17, 15) is 4.39 Å². The molecule has 6 nitrogen and oxygen atoms in total. The second-order valence-electron chi connectivity index (χ2n) is 8.16. The Morgan fingerprint density at radius 2 is 1.88 bits per heavy atom. The largest absolute Gasteiger partial charge is 0.370 e. The fourth-order valence-corrected chi connectivity index (χ4v) is 3.99. The molecule has 1 saturated heterocycles. The Labute approximate surface area is 188 Å². The summed E-state index contributed by atoms with van der Waals surface area (Å²) in [4.78, 5) is 6.79. The van der Waals surface area contributed by atoms with Crippen molar-refractivity contribution >= 4 is 11.8 Å². The van der Waals surface area contributed by atoms with Gasteiger partial charge < -0.3 is 15.2 Å². The van der Waals surface area contributed by atoms with E-state index in [-0.39, 0.29) is 5.82 Å². The number of hydrogen-bond acceptors (Lipinski definition) is 4. The van der Waals surface area contributed by atoms with Crippen LogP contribution in [0.25, 0.3) is 11.1 Å². The van der Waals surface area contributed by atoms with Crippen LogP contribution in [0.4, 0.5) is 10.3 Å². The molecule has 1 aliphatic rings. The highest BCUT2D eigenvalue weighted by Crippen LogP contribution is 2.24. The summed E-state index contributed by atoms with van der Waals surface area (Å²) in [6.07, 6.45) is 5.16. The maximum Gasteiger partial charge on any atom is 0.231 e. The number of anilines is 1. The summed E-state index contributed by atoms with van der Waals surface area (Å²) >= 11 is 0. The molecule has 168 valence electrons. The van der Waals surface area contributed by atoms with Gasteiger partial charge in [-0.1, -0.05) is 54.0 Å². The first-order valence-electron chi connectivity index (χ1n) is 11.3. The van der Waals surface area contributed by atoms with Gasteiger partial charge in [0.1, 0.15) is 5.82 Å². The summed E-state index contributed by atoms with van der Waals surface area (Å²) in [6, 6.07) is 16.7. The molecule has 2 aromatic carbocycles. The van der Waals surface area contributed by atoms with Crippen LogP contribution in [0.2, 0.25) is 0 Å². The number of nitrogens with two attached hydrogens (primary N) is 1. The van der Waals surface area contributed by atoms with Crippen molar-refractivity contribution in [2.75, 3.05) is 31.5 Å². The van der Waals surface area contributed by atoms with Crippen LogP contribution < -0.4 is 11.1 Å². The zero-order valence-corrected chi connectivity index (χ0v) is 18.3. The molecule has 3 aromatic rings. The number of aromatic nitrogens is 1. The third-order valence-corrected chi connectivity index (χ3v) is 5.75. The minimum absolute atomic E-state index is 0.218. The first kappa shape index (κ1) is 22.0. The number of aryl methyl sites for hydroxylation is 2. The van der Waals surface area contributed by atoms with Crippen LogP contribution in [0.3, 0.4) is 0 Å². The quantitative estimate of drug-likeness (QED) is 0.403. The SMILES string of the molecule is NC(=NCCN1CCCCC1)Nc1cc(CCc2ccc(-c3ccccc3)c(F)c2)no1. The molecule has 0 saturated carbocycles. The number of aliphatic imine (C=N–C) groups is 1. The number of guanidine groups is 1. The zero-order chi connectivity index (χ0) is 22.2. The van der Waals surface area contributed by atoms with Gasteiger partial charge in [0.25, 0.3) is 0 Å². The van der Waals surface area contributed by atoms with Gasteiger partial charge >= 0.3 is 0 Å². The lowest BCUT2D eigenvalue weighted by Crippen LogP contribution is -2.32. The van der Waals surface area contributed by atoms with E-state index in [1.165, 1.54) is 19.3 Å². The molecule has 1 aliphatic heterocycles. The normalized spacial score (nSPS) is 15.1. The minimum atomic E-state index is -0.218. The maximum absolute atomic E-state index is 14.6. The second kappa shape index (κ2) is 10.9. The van der Waals surface area contributed by atoms with E-state index in [2.05, 4.69) is 20.4 Å². The molecule has 7 heteroatoms. The predicted octanol–water partition coefficient (Wildman–Crippen LogP) is 4.48. The average Bonchev–Trinajstić information content (AvgIpc) is 3.26. The lowest BCUT2D eigenvalue weighted by atomic mass is 10.0. The predicted molar refractivity (Wildman–Crippen MR) is 126 cm³/mol.